The molecule has 0 bridgehead atoms. The fourth-order valence-electron chi connectivity index (χ4n) is 5.18. The fraction of sp³-hybridized carbons (Fsp3) is 0.323. The molecule has 3 aromatic rings. The van der Waals surface area contributed by atoms with Crippen molar-refractivity contribution in [3.63, 3.8) is 0 Å². The largest absolute Gasteiger partial charge is 0.354 e. The summed E-state index contributed by atoms with van der Waals surface area (Å²) in [4.78, 5) is 15.8. The molecular weight excluding hydrogens is 508 g/mol. The molecule has 0 aliphatic carbocycles. The van der Waals surface area contributed by atoms with Crippen molar-refractivity contribution in [1.29, 1.82) is 0 Å². The molecule has 1 fully saturated rings. The summed E-state index contributed by atoms with van der Waals surface area (Å²) in [6.07, 6.45) is 3.02. The van der Waals surface area contributed by atoms with Crippen molar-refractivity contribution in [2.45, 2.75) is 39.7 Å². The van der Waals surface area contributed by atoms with Crippen LogP contribution in [-0.2, 0) is 21.4 Å². The van der Waals surface area contributed by atoms with Gasteiger partial charge < -0.3 is 10.6 Å². The standard InChI is InChI=1S/C31H36N4O3S/c1-3-19-39(37,38)34-26-13-14-28-27(20-26)29(31(36)33-28)30(24-7-5-4-6-8-24)32-25-11-9-23(10-12-25)21-35-17-15-22(2)16-18-35/h4-14,20,22,32,34H,3,15-19,21H2,1-2H3,(H,33,36)/b30-29-. The van der Waals surface area contributed by atoms with Crippen LogP contribution in [0.1, 0.15) is 49.8 Å². The van der Waals surface area contributed by atoms with E-state index in [0.717, 1.165) is 36.8 Å². The predicted octanol–water partition coefficient (Wildman–Crippen LogP) is 6.00. The molecule has 3 aromatic carbocycles. The van der Waals surface area contributed by atoms with Crippen LogP contribution in [0.15, 0.2) is 72.8 Å². The Balaban J connectivity index is 1.46. The van der Waals surface area contributed by atoms with Crippen LogP contribution in [0.5, 0.6) is 0 Å². The van der Waals surface area contributed by atoms with Gasteiger partial charge in [0.15, 0.2) is 0 Å². The fourth-order valence-corrected chi connectivity index (χ4v) is 6.30. The molecule has 0 radical (unpaired) electrons. The molecule has 2 aliphatic heterocycles. The number of carbonyl (C=O) groups excluding carboxylic acids is 1. The number of nitrogens with zero attached hydrogens (tertiary/aromatic N) is 1. The van der Waals surface area contributed by atoms with Crippen LogP contribution >= 0.6 is 0 Å². The average molecular weight is 545 g/mol. The van der Waals surface area contributed by atoms with E-state index in [9.17, 15) is 13.2 Å². The molecule has 39 heavy (non-hydrogen) atoms. The number of sulfonamides is 1. The second-order valence-electron chi connectivity index (χ2n) is 10.5. The monoisotopic (exact) mass is 544 g/mol. The Hall–Kier alpha value is -3.62. The van der Waals surface area contributed by atoms with Gasteiger partial charge in [-0.05, 0) is 79.7 Å². The third-order valence-corrected chi connectivity index (χ3v) is 8.82. The highest BCUT2D eigenvalue weighted by atomic mass is 32.2. The Labute approximate surface area is 231 Å². The van der Waals surface area contributed by atoms with Crippen molar-refractivity contribution >= 4 is 44.3 Å². The summed E-state index contributed by atoms with van der Waals surface area (Å²) in [5, 5.41) is 6.44. The lowest BCUT2D eigenvalue weighted by Gasteiger charge is -2.30. The highest BCUT2D eigenvalue weighted by molar-refractivity contribution is 7.92. The molecule has 3 N–H and O–H groups in total. The van der Waals surface area contributed by atoms with Crippen molar-refractivity contribution in [2.75, 3.05) is 34.2 Å². The van der Waals surface area contributed by atoms with E-state index in [0.29, 0.717) is 34.6 Å². The number of benzene rings is 3. The number of nitrogens with one attached hydrogen (secondary N) is 3. The van der Waals surface area contributed by atoms with Gasteiger partial charge in [0.05, 0.1) is 17.0 Å². The Morgan fingerprint density at radius 1 is 0.974 bits per heavy atom. The molecular formula is C31H36N4O3S. The number of anilines is 3. The number of amides is 1. The van der Waals surface area contributed by atoms with Gasteiger partial charge in [-0.25, -0.2) is 8.42 Å². The Morgan fingerprint density at radius 3 is 2.36 bits per heavy atom. The van der Waals surface area contributed by atoms with E-state index in [2.05, 4.69) is 51.4 Å². The topological polar surface area (TPSA) is 90.5 Å². The van der Waals surface area contributed by atoms with Crippen LogP contribution in [0.25, 0.3) is 11.3 Å². The van der Waals surface area contributed by atoms with Crippen LogP contribution in [-0.4, -0.2) is 38.1 Å². The van der Waals surface area contributed by atoms with Crippen molar-refractivity contribution in [1.82, 2.24) is 4.90 Å². The molecule has 5 rings (SSSR count). The zero-order valence-corrected chi connectivity index (χ0v) is 23.4. The summed E-state index contributed by atoms with van der Waals surface area (Å²) in [7, 11) is -3.46. The first kappa shape index (κ1) is 27.0. The highest BCUT2D eigenvalue weighted by Crippen LogP contribution is 2.39. The molecule has 1 saturated heterocycles. The normalized spacial score (nSPS) is 17.4. The summed E-state index contributed by atoms with van der Waals surface area (Å²) in [6.45, 7) is 7.36. The molecule has 204 valence electrons. The lowest BCUT2D eigenvalue weighted by molar-refractivity contribution is -0.110. The summed E-state index contributed by atoms with van der Waals surface area (Å²) in [6, 6.07) is 23.2. The van der Waals surface area contributed by atoms with E-state index in [1.165, 1.54) is 18.4 Å². The second-order valence-corrected chi connectivity index (χ2v) is 12.4. The molecule has 0 spiro atoms. The first-order valence-electron chi connectivity index (χ1n) is 13.7. The molecule has 0 unspecified atom stereocenters. The number of hydrogen-bond acceptors (Lipinski definition) is 5. The molecule has 2 aliphatic rings. The van der Waals surface area contributed by atoms with Gasteiger partial charge in [0.2, 0.25) is 10.0 Å². The smallest absolute Gasteiger partial charge is 0.258 e. The maximum absolute atomic E-state index is 13.3. The first-order chi connectivity index (χ1) is 18.8. The number of rotatable bonds is 9. The van der Waals surface area contributed by atoms with Gasteiger partial charge in [-0.2, -0.15) is 0 Å². The van der Waals surface area contributed by atoms with Crippen LogP contribution in [0.4, 0.5) is 17.1 Å². The second kappa shape index (κ2) is 11.6. The Morgan fingerprint density at radius 2 is 1.67 bits per heavy atom. The molecule has 8 heteroatoms. The van der Waals surface area contributed by atoms with Gasteiger partial charge in [-0.15, -0.1) is 0 Å². The predicted molar refractivity (Wildman–Crippen MR) is 160 cm³/mol. The van der Waals surface area contributed by atoms with Gasteiger partial charge in [0, 0.05) is 29.2 Å². The lowest BCUT2D eigenvalue weighted by Crippen LogP contribution is -2.32. The SMILES string of the molecule is CCCS(=O)(=O)Nc1ccc2c(c1)/C(=C(/Nc1ccc(CN3CCC(C)CC3)cc1)c1ccccc1)C(=O)N2. The van der Waals surface area contributed by atoms with E-state index in [4.69, 9.17) is 0 Å². The minimum absolute atomic E-state index is 0.0354. The van der Waals surface area contributed by atoms with Gasteiger partial charge >= 0.3 is 0 Å². The number of fused-ring (bicyclic) bond motifs is 1. The van der Waals surface area contributed by atoms with Crippen molar-refractivity contribution in [2.24, 2.45) is 5.92 Å². The zero-order chi connectivity index (χ0) is 27.4. The summed E-state index contributed by atoms with van der Waals surface area (Å²) in [5.74, 6) is 0.608. The van der Waals surface area contributed by atoms with Crippen molar-refractivity contribution in [3.05, 3.63) is 89.5 Å². The Bertz CT molecular complexity index is 1460. The van der Waals surface area contributed by atoms with E-state index >= 15 is 0 Å². The van der Waals surface area contributed by atoms with Crippen LogP contribution in [0.3, 0.4) is 0 Å². The molecule has 7 nitrogen and oxygen atoms in total. The number of hydrogen-bond donors (Lipinski definition) is 3. The van der Waals surface area contributed by atoms with E-state index in [-0.39, 0.29) is 11.7 Å². The summed E-state index contributed by atoms with van der Waals surface area (Å²) in [5.41, 5.74) is 5.86. The number of carbonyl (C=O) groups is 1. The van der Waals surface area contributed by atoms with Gasteiger partial charge in [-0.3, -0.25) is 14.4 Å². The maximum Gasteiger partial charge on any atom is 0.258 e. The molecule has 2 heterocycles. The van der Waals surface area contributed by atoms with Gasteiger partial charge in [0.1, 0.15) is 0 Å². The average Bonchev–Trinajstić information content (AvgIpc) is 3.24. The molecule has 0 saturated carbocycles. The quantitative estimate of drug-likeness (QED) is 0.287. The minimum Gasteiger partial charge on any atom is -0.354 e. The van der Waals surface area contributed by atoms with Gasteiger partial charge in [0.25, 0.3) is 5.91 Å². The summed E-state index contributed by atoms with van der Waals surface area (Å²) >= 11 is 0. The third kappa shape index (κ3) is 6.52. The number of likely N-dealkylation sites (tertiary alicyclic amines) is 1. The first-order valence-corrected chi connectivity index (χ1v) is 15.3. The van der Waals surface area contributed by atoms with Gasteiger partial charge in [-0.1, -0.05) is 56.3 Å². The van der Waals surface area contributed by atoms with Crippen molar-refractivity contribution in [3.8, 4) is 0 Å². The van der Waals surface area contributed by atoms with Crippen LogP contribution < -0.4 is 15.4 Å². The lowest BCUT2D eigenvalue weighted by atomic mass is 9.98. The van der Waals surface area contributed by atoms with E-state index in [1.54, 1.807) is 18.2 Å². The zero-order valence-electron chi connectivity index (χ0n) is 22.5. The number of piperidine rings is 1. The Kier molecular flexibility index (Phi) is 8.04. The maximum atomic E-state index is 13.3. The highest BCUT2D eigenvalue weighted by Gasteiger charge is 2.29. The molecule has 1 amide bonds. The summed E-state index contributed by atoms with van der Waals surface area (Å²) < 4.78 is 27.4. The van der Waals surface area contributed by atoms with Crippen LogP contribution in [0.2, 0.25) is 0 Å². The molecule has 0 aromatic heterocycles. The molecule has 0 atom stereocenters. The van der Waals surface area contributed by atoms with E-state index < -0.39 is 10.0 Å². The third-order valence-electron chi connectivity index (χ3n) is 7.33. The minimum atomic E-state index is -3.46. The van der Waals surface area contributed by atoms with E-state index in [1.807, 2.05) is 37.3 Å². The van der Waals surface area contributed by atoms with Crippen molar-refractivity contribution < 1.29 is 13.2 Å². The van der Waals surface area contributed by atoms with Crippen LogP contribution in [0, 0.1) is 5.92 Å².